The Bertz CT molecular complexity index is 483. The van der Waals surface area contributed by atoms with Crippen molar-refractivity contribution in [1.82, 2.24) is 5.32 Å². The number of methoxy groups -OCH3 is 1. The first-order chi connectivity index (χ1) is 9.43. The monoisotopic (exact) mass is 279 g/mol. The van der Waals surface area contributed by atoms with Crippen molar-refractivity contribution in [3.63, 3.8) is 0 Å². The summed E-state index contributed by atoms with van der Waals surface area (Å²) in [6, 6.07) is 4.98. The van der Waals surface area contributed by atoms with Crippen LogP contribution in [0.1, 0.15) is 37.6 Å². The van der Waals surface area contributed by atoms with Crippen molar-refractivity contribution in [2.75, 3.05) is 13.7 Å². The molecule has 0 radical (unpaired) electrons. The minimum atomic E-state index is -0.283. The van der Waals surface area contributed by atoms with Gasteiger partial charge in [0.05, 0.1) is 12.7 Å². The van der Waals surface area contributed by atoms with E-state index in [-0.39, 0.29) is 23.8 Å². The van der Waals surface area contributed by atoms with E-state index in [1.165, 1.54) is 7.11 Å². The van der Waals surface area contributed by atoms with Gasteiger partial charge in [-0.1, -0.05) is 13.0 Å². The Hall–Kier alpha value is -2.04. The third-order valence-corrected chi connectivity index (χ3v) is 3.07. The summed E-state index contributed by atoms with van der Waals surface area (Å²) in [6.45, 7) is 5.70. The highest BCUT2D eigenvalue weighted by atomic mass is 16.5. The summed E-state index contributed by atoms with van der Waals surface area (Å²) in [5.41, 5.74) is 0.0706. The number of carbonyl (C=O) groups excluding carboxylic acids is 2. The second kappa shape index (κ2) is 6.93. The first kappa shape index (κ1) is 16.0. The Kier molecular flexibility index (Phi) is 5.55. The molecule has 110 valence electrons. The largest absolute Gasteiger partial charge is 0.493 e. The fourth-order valence-corrected chi connectivity index (χ4v) is 1.58. The van der Waals surface area contributed by atoms with Crippen molar-refractivity contribution in [1.29, 1.82) is 0 Å². The highest BCUT2D eigenvalue weighted by molar-refractivity contribution is 5.82. The molecular weight excluding hydrogens is 258 g/mol. The molecule has 1 aromatic rings. The van der Waals surface area contributed by atoms with Crippen LogP contribution in [0.5, 0.6) is 11.5 Å². The fraction of sp³-hybridized carbons (Fsp3) is 0.467. The molecule has 0 aliphatic carbocycles. The van der Waals surface area contributed by atoms with E-state index in [9.17, 15) is 9.59 Å². The van der Waals surface area contributed by atoms with Crippen molar-refractivity contribution in [3.05, 3.63) is 23.8 Å². The lowest BCUT2D eigenvalue weighted by Crippen LogP contribution is -2.44. The van der Waals surface area contributed by atoms with Gasteiger partial charge >= 0.3 is 0 Å². The number of nitrogens with one attached hydrogen (secondary N) is 1. The van der Waals surface area contributed by atoms with Gasteiger partial charge in [-0.3, -0.25) is 9.59 Å². The van der Waals surface area contributed by atoms with Crippen LogP contribution in [0.25, 0.3) is 0 Å². The van der Waals surface area contributed by atoms with Crippen LogP contribution in [0.4, 0.5) is 0 Å². The Balaban J connectivity index is 2.75. The van der Waals surface area contributed by atoms with Crippen LogP contribution in [0, 0.1) is 0 Å². The standard InChI is InChI=1S/C15H21NO4/c1-5-15(2,3)16-13(18)10-20-14-11(9-17)7-6-8-12(14)19-4/h6-9H,5,10H2,1-4H3,(H,16,18). The average molecular weight is 279 g/mol. The van der Waals surface area contributed by atoms with E-state index in [4.69, 9.17) is 9.47 Å². The molecule has 0 aliphatic rings. The molecule has 0 heterocycles. The van der Waals surface area contributed by atoms with Crippen LogP contribution in [0.15, 0.2) is 18.2 Å². The SMILES string of the molecule is CCC(C)(C)NC(=O)COc1c(C=O)cccc1OC. The molecule has 5 heteroatoms. The summed E-state index contributed by atoms with van der Waals surface area (Å²) >= 11 is 0. The highest BCUT2D eigenvalue weighted by Gasteiger charge is 2.19. The van der Waals surface area contributed by atoms with Gasteiger partial charge in [-0.2, -0.15) is 0 Å². The van der Waals surface area contributed by atoms with E-state index < -0.39 is 0 Å². The Morgan fingerprint density at radius 3 is 2.65 bits per heavy atom. The zero-order chi connectivity index (χ0) is 15.2. The predicted molar refractivity (Wildman–Crippen MR) is 76.4 cm³/mol. The molecule has 0 spiro atoms. The van der Waals surface area contributed by atoms with Gasteiger partial charge in [-0.15, -0.1) is 0 Å². The van der Waals surface area contributed by atoms with Crippen molar-refractivity contribution < 1.29 is 19.1 Å². The van der Waals surface area contributed by atoms with E-state index in [2.05, 4.69) is 5.32 Å². The molecule has 1 aromatic carbocycles. The molecule has 0 aliphatic heterocycles. The summed E-state index contributed by atoms with van der Waals surface area (Å²) in [6.07, 6.45) is 1.48. The van der Waals surface area contributed by atoms with Gasteiger partial charge in [0.15, 0.2) is 24.4 Å². The number of hydrogen-bond donors (Lipinski definition) is 1. The zero-order valence-corrected chi connectivity index (χ0v) is 12.4. The number of rotatable bonds is 7. The van der Waals surface area contributed by atoms with Crippen LogP contribution in [-0.2, 0) is 4.79 Å². The maximum atomic E-state index is 11.8. The number of amides is 1. The van der Waals surface area contributed by atoms with Gasteiger partial charge in [0.25, 0.3) is 5.91 Å². The average Bonchev–Trinajstić information content (AvgIpc) is 2.44. The lowest BCUT2D eigenvalue weighted by atomic mass is 10.0. The van der Waals surface area contributed by atoms with E-state index in [1.54, 1.807) is 18.2 Å². The molecule has 0 saturated heterocycles. The van der Waals surface area contributed by atoms with Crippen molar-refractivity contribution in [2.45, 2.75) is 32.7 Å². The number of para-hydroxylation sites is 1. The first-order valence-electron chi connectivity index (χ1n) is 6.49. The van der Waals surface area contributed by atoms with Crippen LogP contribution < -0.4 is 14.8 Å². The third-order valence-electron chi connectivity index (χ3n) is 3.07. The molecule has 1 amide bonds. The Morgan fingerprint density at radius 2 is 2.10 bits per heavy atom. The van der Waals surface area contributed by atoms with Gasteiger partial charge in [-0.25, -0.2) is 0 Å². The number of ether oxygens (including phenoxy) is 2. The number of hydrogen-bond acceptors (Lipinski definition) is 4. The normalized spacial score (nSPS) is 10.8. The molecule has 0 unspecified atom stereocenters. The summed E-state index contributed by atoms with van der Waals surface area (Å²) in [5, 5.41) is 2.86. The van der Waals surface area contributed by atoms with Crippen molar-refractivity contribution >= 4 is 12.2 Å². The predicted octanol–water partition coefficient (Wildman–Crippen LogP) is 2.19. The van der Waals surface area contributed by atoms with Gasteiger partial charge in [0, 0.05) is 5.54 Å². The number of aldehydes is 1. The van der Waals surface area contributed by atoms with Crippen LogP contribution in [-0.4, -0.2) is 31.4 Å². The van der Waals surface area contributed by atoms with Crippen molar-refractivity contribution in [2.24, 2.45) is 0 Å². The summed E-state index contributed by atoms with van der Waals surface area (Å²) in [5.74, 6) is 0.478. The van der Waals surface area contributed by atoms with Gasteiger partial charge < -0.3 is 14.8 Å². The van der Waals surface area contributed by atoms with Crippen LogP contribution in [0.3, 0.4) is 0 Å². The lowest BCUT2D eigenvalue weighted by Gasteiger charge is -2.24. The fourth-order valence-electron chi connectivity index (χ4n) is 1.58. The van der Waals surface area contributed by atoms with Crippen molar-refractivity contribution in [3.8, 4) is 11.5 Å². The maximum Gasteiger partial charge on any atom is 0.258 e. The minimum absolute atomic E-state index is 0.162. The molecule has 20 heavy (non-hydrogen) atoms. The molecule has 1 N–H and O–H groups in total. The van der Waals surface area contributed by atoms with Gasteiger partial charge in [0.1, 0.15) is 0 Å². The third kappa shape index (κ3) is 4.26. The Labute approximate surface area is 119 Å². The summed E-state index contributed by atoms with van der Waals surface area (Å²) in [7, 11) is 1.48. The number of carbonyl (C=O) groups is 2. The Morgan fingerprint density at radius 1 is 1.40 bits per heavy atom. The second-order valence-electron chi connectivity index (χ2n) is 5.07. The van der Waals surface area contributed by atoms with Gasteiger partial charge in [-0.05, 0) is 32.4 Å². The molecule has 0 aromatic heterocycles. The molecule has 1 rings (SSSR count). The maximum absolute atomic E-state index is 11.8. The van der Waals surface area contributed by atoms with Crippen LogP contribution >= 0.6 is 0 Å². The molecule has 0 fully saturated rings. The molecular formula is C15H21NO4. The molecule has 0 saturated carbocycles. The van der Waals surface area contributed by atoms with E-state index in [0.717, 1.165) is 6.42 Å². The zero-order valence-electron chi connectivity index (χ0n) is 12.4. The van der Waals surface area contributed by atoms with E-state index in [1.807, 2.05) is 20.8 Å². The number of benzene rings is 1. The molecule has 5 nitrogen and oxygen atoms in total. The molecule has 0 bridgehead atoms. The topological polar surface area (TPSA) is 64.6 Å². The minimum Gasteiger partial charge on any atom is -0.493 e. The van der Waals surface area contributed by atoms with Crippen LogP contribution in [0.2, 0.25) is 0 Å². The summed E-state index contributed by atoms with van der Waals surface area (Å²) < 4.78 is 10.6. The highest BCUT2D eigenvalue weighted by Crippen LogP contribution is 2.29. The van der Waals surface area contributed by atoms with E-state index in [0.29, 0.717) is 17.6 Å². The quantitative estimate of drug-likeness (QED) is 0.777. The lowest BCUT2D eigenvalue weighted by molar-refractivity contribution is -0.124. The summed E-state index contributed by atoms with van der Waals surface area (Å²) in [4.78, 5) is 22.8. The molecule has 0 atom stereocenters. The smallest absolute Gasteiger partial charge is 0.258 e. The second-order valence-corrected chi connectivity index (χ2v) is 5.07. The van der Waals surface area contributed by atoms with Gasteiger partial charge in [0.2, 0.25) is 0 Å². The van der Waals surface area contributed by atoms with E-state index >= 15 is 0 Å². The first-order valence-corrected chi connectivity index (χ1v) is 6.49.